The highest BCUT2D eigenvalue weighted by Gasteiger charge is 2.10. The molecule has 0 unspecified atom stereocenters. The average Bonchev–Trinajstić information content (AvgIpc) is 2.69. The van der Waals surface area contributed by atoms with E-state index in [0.717, 1.165) is 25.2 Å². The lowest BCUT2D eigenvalue weighted by Gasteiger charge is -2.20. The number of amides is 1. The van der Waals surface area contributed by atoms with E-state index in [0.29, 0.717) is 23.7 Å². The van der Waals surface area contributed by atoms with E-state index in [-0.39, 0.29) is 18.5 Å². The Morgan fingerprint density at radius 3 is 2.62 bits per heavy atom. The molecule has 29 heavy (non-hydrogen) atoms. The molecule has 0 aliphatic carbocycles. The molecule has 1 aromatic carbocycles. The van der Waals surface area contributed by atoms with Crippen molar-refractivity contribution in [3.63, 3.8) is 0 Å². The summed E-state index contributed by atoms with van der Waals surface area (Å²) in [5.74, 6) is -1.01. The van der Waals surface area contributed by atoms with Crippen LogP contribution in [0.2, 0.25) is 0 Å². The highest BCUT2D eigenvalue weighted by molar-refractivity contribution is 5.80. The zero-order chi connectivity index (χ0) is 21.2. The van der Waals surface area contributed by atoms with Crippen LogP contribution in [0.4, 0.5) is 20.4 Å². The maximum atomic E-state index is 13.3. The van der Waals surface area contributed by atoms with Gasteiger partial charge in [-0.25, -0.2) is 8.78 Å². The molecule has 1 heterocycles. The Kier molecular flexibility index (Phi) is 8.26. The van der Waals surface area contributed by atoms with Crippen LogP contribution in [-0.2, 0) is 4.79 Å². The third-order valence-electron chi connectivity index (χ3n) is 3.82. The van der Waals surface area contributed by atoms with E-state index in [1.807, 2.05) is 18.7 Å². The van der Waals surface area contributed by atoms with Gasteiger partial charge in [0.25, 0.3) is 0 Å². The van der Waals surface area contributed by atoms with E-state index >= 15 is 0 Å². The van der Waals surface area contributed by atoms with Gasteiger partial charge in [0.2, 0.25) is 5.91 Å². The predicted molar refractivity (Wildman–Crippen MR) is 107 cm³/mol. The molecule has 0 saturated carbocycles. The average molecular weight is 406 g/mol. The molecule has 0 aliphatic rings. The third-order valence-corrected chi connectivity index (χ3v) is 3.82. The molecule has 0 atom stereocenters. The zero-order valence-electron chi connectivity index (χ0n) is 16.6. The van der Waals surface area contributed by atoms with Gasteiger partial charge in [0.1, 0.15) is 12.4 Å². The maximum absolute atomic E-state index is 13.3. The van der Waals surface area contributed by atoms with E-state index in [4.69, 9.17) is 4.74 Å². The largest absolute Gasteiger partial charge is 0.461 e. The Morgan fingerprint density at radius 1 is 1.21 bits per heavy atom. The predicted octanol–water partition coefficient (Wildman–Crippen LogP) is 2.56. The number of hydrazone groups is 1. The normalized spacial score (nSPS) is 10.8. The first-order valence-electron chi connectivity index (χ1n) is 9.18. The molecule has 2 aromatic rings. The van der Waals surface area contributed by atoms with Crippen molar-refractivity contribution in [2.45, 2.75) is 20.8 Å². The second-order valence-electron chi connectivity index (χ2n) is 5.94. The number of benzene rings is 1. The van der Waals surface area contributed by atoms with Crippen molar-refractivity contribution in [3.8, 4) is 6.01 Å². The first-order chi connectivity index (χ1) is 13.9. The fourth-order valence-electron chi connectivity index (χ4n) is 2.38. The van der Waals surface area contributed by atoms with E-state index in [9.17, 15) is 13.6 Å². The Morgan fingerprint density at radius 2 is 1.97 bits per heavy atom. The second kappa shape index (κ2) is 10.9. The molecular formula is C19H24F2N6O2. The summed E-state index contributed by atoms with van der Waals surface area (Å²) in [6, 6.07) is 5.31. The minimum Gasteiger partial charge on any atom is -0.461 e. The second-order valence-corrected chi connectivity index (χ2v) is 5.94. The molecule has 0 bridgehead atoms. The van der Waals surface area contributed by atoms with Gasteiger partial charge in [0.05, 0.1) is 12.8 Å². The number of carbonyl (C=O) groups is 1. The summed E-state index contributed by atoms with van der Waals surface area (Å²) < 4.78 is 31.8. The molecule has 1 amide bonds. The number of ether oxygens (including phenoxy) is 1. The molecule has 2 N–H and O–H groups in total. The van der Waals surface area contributed by atoms with E-state index in [2.05, 4.69) is 25.8 Å². The van der Waals surface area contributed by atoms with E-state index in [1.165, 1.54) is 19.2 Å². The fourth-order valence-corrected chi connectivity index (χ4v) is 2.38. The molecule has 0 aliphatic heterocycles. The monoisotopic (exact) mass is 406 g/mol. The highest BCUT2D eigenvalue weighted by Crippen LogP contribution is 2.19. The van der Waals surface area contributed by atoms with Gasteiger partial charge in [-0.1, -0.05) is 6.07 Å². The van der Waals surface area contributed by atoms with Gasteiger partial charge < -0.3 is 15.0 Å². The Hall–Kier alpha value is -3.30. The Balaban J connectivity index is 2.14. The van der Waals surface area contributed by atoms with Crippen LogP contribution in [0, 0.1) is 11.6 Å². The number of hydrogen-bond acceptors (Lipinski definition) is 7. The van der Waals surface area contributed by atoms with Crippen LogP contribution < -0.4 is 20.4 Å². The number of carbonyl (C=O) groups excluding carboxylic acids is 1. The molecular weight excluding hydrogens is 382 g/mol. The minimum absolute atomic E-state index is 0.130. The van der Waals surface area contributed by atoms with Crippen molar-refractivity contribution < 1.29 is 18.3 Å². The lowest BCUT2D eigenvalue weighted by atomic mass is 10.2. The topological polar surface area (TPSA) is 91.7 Å². The van der Waals surface area contributed by atoms with Gasteiger partial charge in [-0.3, -0.25) is 10.2 Å². The molecule has 0 spiro atoms. The molecule has 156 valence electrons. The van der Waals surface area contributed by atoms with Gasteiger partial charge in [-0.2, -0.15) is 15.1 Å². The lowest BCUT2D eigenvalue weighted by Crippen LogP contribution is -2.26. The van der Waals surface area contributed by atoms with Gasteiger partial charge in [-0.15, -0.1) is 0 Å². The van der Waals surface area contributed by atoms with Gasteiger partial charge in [0.15, 0.2) is 17.5 Å². The van der Waals surface area contributed by atoms with Crippen LogP contribution >= 0.6 is 0 Å². The SMILES string of the molecule is CCN(CC)c1cc(N/N=C/c2ccc(F)c(F)c2)nc(OCCNC(C)=O)n1. The van der Waals surface area contributed by atoms with Crippen LogP contribution in [-0.4, -0.2) is 48.3 Å². The van der Waals surface area contributed by atoms with Crippen molar-refractivity contribution in [1.82, 2.24) is 15.3 Å². The first-order valence-corrected chi connectivity index (χ1v) is 9.18. The highest BCUT2D eigenvalue weighted by atomic mass is 19.2. The van der Waals surface area contributed by atoms with Crippen LogP contribution in [0.1, 0.15) is 26.3 Å². The van der Waals surface area contributed by atoms with Crippen molar-refractivity contribution in [2.75, 3.05) is 36.6 Å². The van der Waals surface area contributed by atoms with E-state index < -0.39 is 11.6 Å². The third kappa shape index (κ3) is 6.98. The Bertz CT molecular complexity index is 859. The number of anilines is 2. The van der Waals surface area contributed by atoms with Gasteiger partial charge >= 0.3 is 6.01 Å². The van der Waals surface area contributed by atoms with Crippen molar-refractivity contribution >= 4 is 23.8 Å². The molecule has 0 radical (unpaired) electrons. The molecule has 2 rings (SSSR count). The van der Waals surface area contributed by atoms with Crippen molar-refractivity contribution in [1.29, 1.82) is 0 Å². The summed E-state index contributed by atoms with van der Waals surface area (Å²) in [6.07, 6.45) is 1.35. The summed E-state index contributed by atoms with van der Waals surface area (Å²) in [5, 5.41) is 6.63. The first kappa shape index (κ1) is 22.0. The summed E-state index contributed by atoms with van der Waals surface area (Å²) in [5.41, 5.74) is 3.14. The molecule has 0 fully saturated rings. The van der Waals surface area contributed by atoms with Crippen LogP contribution in [0.25, 0.3) is 0 Å². The summed E-state index contributed by atoms with van der Waals surface area (Å²) in [6.45, 7) is 7.41. The smallest absolute Gasteiger partial charge is 0.320 e. The van der Waals surface area contributed by atoms with Gasteiger partial charge in [-0.05, 0) is 31.5 Å². The van der Waals surface area contributed by atoms with Crippen LogP contribution in [0.15, 0.2) is 29.4 Å². The lowest BCUT2D eigenvalue weighted by molar-refractivity contribution is -0.119. The summed E-state index contributed by atoms with van der Waals surface area (Å²) >= 11 is 0. The number of halogens is 2. The summed E-state index contributed by atoms with van der Waals surface area (Å²) in [4.78, 5) is 21.5. The molecule has 1 aromatic heterocycles. The number of hydrogen-bond donors (Lipinski definition) is 2. The quantitative estimate of drug-likeness (QED) is 0.358. The molecule has 8 nitrogen and oxygen atoms in total. The van der Waals surface area contributed by atoms with Crippen molar-refractivity contribution in [3.05, 3.63) is 41.5 Å². The van der Waals surface area contributed by atoms with Gasteiger partial charge in [0, 0.05) is 26.1 Å². The fraction of sp³-hybridized carbons (Fsp3) is 0.368. The number of nitrogens with zero attached hydrogens (tertiary/aromatic N) is 4. The molecule has 10 heteroatoms. The van der Waals surface area contributed by atoms with Crippen LogP contribution in [0.3, 0.4) is 0 Å². The Labute approximate surface area is 168 Å². The minimum atomic E-state index is -0.949. The van der Waals surface area contributed by atoms with Crippen LogP contribution in [0.5, 0.6) is 6.01 Å². The maximum Gasteiger partial charge on any atom is 0.320 e. The molecule has 0 saturated heterocycles. The zero-order valence-corrected chi connectivity index (χ0v) is 16.6. The van der Waals surface area contributed by atoms with E-state index in [1.54, 1.807) is 6.07 Å². The standard InChI is InChI=1S/C19H24F2N6O2/c1-4-27(5-2)18-11-17(24-19(25-18)29-9-8-22-13(3)28)26-23-12-14-6-7-15(20)16(21)10-14/h6-7,10-12H,4-5,8-9H2,1-3H3,(H,22,28)(H,24,25,26)/b23-12+. The number of rotatable bonds is 10. The number of aromatic nitrogens is 2. The summed E-state index contributed by atoms with van der Waals surface area (Å²) in [7, 11) is 0. The van der Waals surface area contributed by atoms with Crippen molar-refractivity contribution in [2.24, 2.45) is 5.10 Å². The number of nitrogens with one attached hydrogen (secondary N) is 2.